The predicted octanol–water partition coefficient (Wildman–Crippen LogP) is 2.82. The van der Waals surface area contributed by atoms with Crippen molar-refractivity contribution in [2.75, 3.05) is 25.6 Å². The lowest BCUT2D eigenvalue weighted by atomic mass is 10.4. The number of halogens is 1. The molecule has 0 aromatic heterocycles. The molecule has 0 aliphatic carbocycles. The lowest BCUT2D eigenvalue weighted by Gasteiger charge is -2.17. The molecule has 0 atom stereocenters. The van der Waals surface area contributed by atoms with Crippen LogP contribution in [0.1, 0.15) is 6.42 Å². The quantitative estimate of drug-likeness (QED) is 0.749. The fraction of sp³-hybridized carbons (Fsp3) is 0.455. The summed E-state index contributed by atoms with van der Waals surface area (Å²) in [5.74, 6) is 0.968. The molecule has 0 fully saturated rings. The van der Waals surface area contributed by atoms with Crippen LogP contribution in [0.2, 0.25) is 0 Å². The van der Waals surface area contributed by atoms with E-state index in [2.05, 4.69) is 15.9 Å². The minimum absolute atomic E-state index is 0.326. The first kappa shape index (κ1) is 15.0. The molecule has 0 saturated heterocycles. The average molecular weight is 338 g/mol. The highest BCUT2D eigenvalue weighted by molar-refractivity contribution is 9.10. The highest BCUT2D eigenvalue weighted by atomic mass is 79.9. The van der Waals surface area contributed by atoms with Crippen LogP contribution in [0.15, 0.2) is 33.6 Å². The van der Waals surface area contributed by atoms with Gasteiger partial charge in [-0.3, -0.25) is 0 Å². The number of nitrogens with zero attached hydrogens (tertiary/aromatic N) is 1. The fourth-order valence-electron chi connectivity index (χ4n) is 1.37. The van der Waals surface area contributed by atoms with Crippen molar-refractivity contribution in [1.82, 2.24) is 4.31 Å². The van der Waals surface area contributed by atoms with Crippen LogP contribution in [0.25, 0.3) is 0 Å². The number of sulfonamides is 1. The Labute approximate surface area is 116 Å². The van der Waals surface area contributed by atoms with Crippen molar-refractivity contribution in [1.29, 1.82) is 0 Å². The maximum atomic E-state index is 12.2. The van der Waals surface area contributed by atoms with Crippen LogP contribution in [0.5, 0.6) is 0 Å². The van der Waals surface area contributed by atoms with Gasteiger partial charge in [0.25, 0.3) is 0 Å². The summed E-state index contributed by atoms with van der Waals surface area (Å²) < 4.78 is 26.5. The van der Waals surface area contributed by atoms with Gasteiger partial charge in [-0.2, -0.15) is 11.8 Å². The molecule has 96 valence electrons. The zero-order valence-electron chi connectivity index (χ0n) is 9.89. The Morgan fingerprint density at radius 2 is 2.00 bits per heavy atom. The highest BCUT2D eigenvalue weighted by Gasteiger charge is 2.22. The summed E-state index contributed by atoms with van der Waals surface area (Å²) >= 11 is 4.99. The van der Waals surface area contributed by atoms with Crippen molar-refractivity contribution in [2.24, 2.45) is 0 Å². The van der Waals surface area contributed by atoms with Crippen LogP contribution in [-0.4, -0.2) is 38.3 Å². The van der Waals surface area contributed by atoms with E-state index in [9.17, 15) is 8.42 Å². The Hall–Kier alpha value is -0.0400. The maximum Gasteiger partial charge on any atom is 0.243 e. The molecular formula is C11H16BrNO2S2. The fourth-order valence-corrected chi connectivity index (χ4v) is 3.96. The SMILES string of the molecule is CSCCCN(C)S(=O)(=O)c1ccccc1Br. The summed E-state index contributed by atoms with van der Waals surface area (Å²) in [6.07, 6.45) is 2.88. The van der Waals surface area contributed by atoms with Gasteiger partial charge in [0.05, 0.1) is 4.90 Å². The third-order valence-electron chi connectivity index (χ3n) is 2.35. The normalized spacial score (nSPS) is 12.0. The molecule has 0 aliphatic rings. The summed E-state index contributed by atoms with van der Waals surface area (Å²) in [6, 6.07) is 6.89. The zero-order chi connectivity index (χ0) is 12.9. The van der Waals surface area contributed by atoms with Gasteiger partial charge in [0.2, 0.25) is 10.0 Å². The van der Waals surface area contributed by atoms with Gasteiger partial charge in [-0.1, -0.05) is 12.1 Å². The number of rotatable bonds is 6. The number of hydrogen-bond donors (Lipinski definition) is 0. The van der Waals surface area contributed by atoms with Gasteiger partial charge in [0, 0.05) is 18.1 Å². The van der Waals surface area contributed by atoms with Crippen LogP contribution >= 0.6 is 27.7 Å². The molecule has 6 heteroatoms. The first-order valence-corrected chi connectivity index (χ1v) is 8.82. The number of thioether (sulfide) groups is 1. The summed E-state index contributed by atoms with van der Waals surface area (Å²) in [5.41, 5.74) is 0. The van der Waals surface area contributed by atoms with E-state index < -0.39 is 10.0 Å². The molecule has 17 heavy (non-hydrogen) atoms. The molecule has 0 unspecified atom stereocenters. The van der Waals surface area contributed by atoms with E-state index in [-0.39, 0.29) is 0 Å². The van der Waals surface area contributed by atoms with E-state index >= 15 is 0 Å². The second-order valence-corrected chi connectivity index (χ2v) is 7.46. The summed E-state index contributed by atoms with van der Waals surface area (Å²) in [5, 5.41) is 0. The Kier molecular flexibility index (Phi) is 5.99. The first-order chi connectivity index (χ1) is 8.00. The highest BCUT2D eigenvalue weighted by Crippen LogP contribution is 2.23. The van der Waals surface area contributed by atoms with Crippen molar-refractivity contribution in [3.63, 3.8) is 0 Å². The van der Waals surface area contributed by atoms with Gasteiger partial charge in [0.15, 0.2) is 0 Å². The standard InChI is InChI=1S/C11H16BrNO2S2/c1-13(8-5-9-16-2)17(14,15)11-7-4-3-6-10(11)12/h3-4,6-7H,5,8-9H2,1-2H3. The van der Waals surface area contributed by atoms with E-state index in [0.717, 1.165) is 12.2 Å². The van der Waals surface area contributed by atoms with E-state index in [1.54, 1.807) is 43.1 Å². The average Bonchev–Trinajstić information content (AvgIpc) is 2.29. The van der Waals surface area contributed by atoms with Gasteiger partial charge in [0.1, 0.15) is 0 Å². The topological polar surface area (TPSA) is 37.4 Å². The second-order valence-electron chi connectivity index (χ2n) is 3.60. The molecule has 0 heterocycles. The number of benzene rings is 1. The second kappa shape index (κ2) is 6.78. The molecule has 0 spiro atoms. The van der Waals surface area contributed by atoms with E-state index in [1.807, 2.05) is 6.26 Å². The van der Waals surface area contributed by atoms with Crippen molar-refractivity contribution >= 4 is 37.7 Å². The Balaban J connectivity index is 2.85. The monoisotopic (exact) mass is 337 g/mol. The van der Waals surface area contributed by atoms with Gasteiger partial charge in [-0.05, 0) is 46.5 Å². The predicted molar refractivity (Wildman–Crippen MR) is 77.0 cm³/mol. The first-order valence-electron chi connectivity index (χ1n) is 5.20. The molecular weight excluding hydrogens is 322 g/mol. The molecule has 0 amide bonds. The van der Waals surface area contributed by atoms with Crippen LogP contribution in [0, 0.1) is 0 Å². The smallest absolute Gasteiger partial charge is 0.207 e. The maximum absolute atomic E-state index is 12.2. The molecule has 0 N–H and O–H groups in total. The lowest BCUT2D eigenvalue weighted by molar-refractivity contribution is 0.469. The van der Waals surface area contributed by atoms with E-state index in [4.69, 9.17) is 0 Å². The third-order valence-corrected chi connectivity index (χ3v) is 5.91. The van der Waals surface area contributed by atoms with E-state index in [1.165, 1.54) is 4.31 Å². The van der Waals surface area contributed by atoms with Gasteiger partial charge in [-0.15, -0.1) is 0 Å². The van der Waals surface area contributed by atoms with Crippen molar-refractivity contribution in [3.8, 4) is 0 Å². The minimum Gasteiger partial charge on any atom is -0.207 e. The molecule has 1 aromatic carbocycles. The lowest BCUT2D eigenvalue weighted by Crippen LogP contribution is -2.28. The molecule has 0 radical (unpaired) electrons. The summed E-state index contributed by atoms with van der Waals surface area (Å²) in [4.78, 5) is 0.326. The van der Waals surface area contributed by atoms with Crippen LogP contribution in [0.3, 0.4) is 0 Å². The zero-order valence-corrected chi connectivity index (χ0v) is 13.1. The van der Waals surface area contributed by atoms with Gasteiger partial charge < -0.3 is 0 Å². The van der Waals surface area contributed by atoms with Crippen molar-refractivity contribution < 1.29 is 8.42 Å². The summed E-state index contributed by atoms with van der Waals surface area (Å²) in [7, 11) is -1.75. The van der Waals surface area contributed by atoms with Crippen LogP contribution in [-0.2, 0) is 10.0 Å². The molecule has 3 nitrogen and oxygen atoms in total. The Morgan fingerprint density at radius 1 is 1.35 bits per heavy atom. The molecule has 0 bridgehead atoms. The largest absolute Gasteiger partial charge is 0.243 e. The van der Waals surface area contributed by atoms with Crippen molar-refractivity contribution in [2.45, 2.75) is 11.3 Å². The van der Waals surface area contributed by atoms with E-state index in [0.29, 0.717) is 15.9 Å². The molecule has 1 rings (SSSR count). The van der Waals surface area contributed by atoms with Crippen LogP contribution < -0.4 is 0 Å². The van der Waals surface area contributed by atoms with Crippen LogP contribution in [0.4, 0.5) is 0 Å². The molecule has 1 aromatic rings. The van der Waals surface area contributed by atoms with Gasteiger partial charge >= 0.3 is 0 Å². The summed E-state index contributed by atoms with van der Waals surface area (Å²) in [6.45, 7) is 0.546. The van der Waals surface area contributed by atoms with Gasteiger partial charge in [-0.25, -0.2) is 12.7 Å². The molecule has 0 aliphatic heterocycles. The number of hydrogen-bond acceptors (Lipinski definition) is 3. The third kappa shape index (κ3) is 3.98. The Bertz CT molecular complexity index is 462. The Morgan fingerprint density at radius 3 is 2.59 bits per heavy atom. The molecule has 0 saturated carbocycles. The van der Waals surface area contributed by atoms with Crippen molar-refractivity contribution in [3.05, 3.63) is 28.7 Å². The minimum atomic E-state index is -3.37.